The second-order valence-corrected chi connectivity index (χ2v) is 6.00. The zero-order chi connectivity index (χ0) is 18.9. The van der Waals surface area contributed by atoms with Crippen LogP contribution in [0.15, 0.2) is 40.0 Å². The quantitative estimate of drug-likeness (QED) is 0.441. The highest BCUT2D eigenvalue weighted by atomic mass is 79.9. The van der Waals surface area contributed by atoms with E-state index in [4.69, 9.17) is 23.8 Å². The second-order valence-electron chi connectivity index (χ2n) is 5.15. The lowest BCUT2D eigenvalue weighted by Crippen LogP contribution is -1.97. The molecular weight excluding hydrogens is 402 g/mol. The first-order chi connectivity index (χ1) is 12.6. The summed E-state index contributed by atoms with van der Waals surface area (Å²) in [4.78, 5) is 5.40. The highest BCUT2D eigenvalue weighted by molar-refractivity contribution is 9.10. The van der Waals surface area contributed by atoms with Crippen LogP contribution >= 0.6 is 15.9 Å². The average molecular weight is 424 g/mol. The Morgan fingerprint density at radius 1 is 0.923 bits per heavy atom. The van der Waals surface area contributed by atoms with E-state index in [-0.39, 0.29) is 6.61 Å². The van der Waals surface area contributed by atoms with Crippen molar-refractivity contribution in [2.24, 2.45) is 5.16 Å². The molecule has 0 aromatic heterocycles. The summed E-state index contributed by atoms with van der Waals surface area (Å²) in [7, 11) is 4.81. The van der Waals surface area contributed by atoms with Gasteiger partial charge in [-0.25, -0.2) is 0 Å². The van der Waals surface area contributed by atoms with E-state index in [0.717, 1.165) is 15.6 Å². The van der Waals surface area contributed by atoms with Gasteiger partial charge in [0, 0.05) is 11.1 Å². The lowest BCUT2D eigenvalue weighted by Gasteiger charge is -2.11. The highest BCUT2D eigenvalue weighted by Gasteiger charge is 2.10. The molecule has 7 heteroatoms. The summed E-state index contributed by atoms with van der Waals surface area (Å²) in [6, 6.07) is 9.23. The van der Waals surface area contributed by atoms with E-state index >= 15 is 0 Å². The van der Waals surface area contributed by atoms with E-state index in [9.17, 15) is 0 Å². The molecule has 0 saturated carbocycles. The molecule has 0 saturated heterocycles. The molecule has 0 amide bonds. The normalized spacial score (nSPS) is 10.7. The van der Waals surface area contributed by atoms with Crippen LogP contribution in [0.5, 0.6) is 23.0 Å². The Morgan fingerprint density at radius 2 is 1.65 bits per heavy atom. The Bertz CT molecular complexity index is 764. The van der Waals surface area contributed by atoms with Gasteiger partial charge >= 0.3 is 0 Å². The summed E-state index contributed by atoms with van der Waals surface area (Å²) < 4.78 is 22.3. The van der Waals surface area contributed by atoms with E-state index in [1.165, 1.54) is 0 Å². The Hall–Kier alpha value is -2.41. The number of hydrogen-bond acceptors (Lipinski definition) is 6. The molecule has 0 unspecified atom stereocenters. The summed E-state index contributed by atoms with van der Waals surface area (Å²) >= 11 is 3.43. The van der Waals surface area contributed by atoms with Gasteiger partial charge in [-0.15, -0.1) is 0 Å². The predicted molar refractivity (Wildman–Crippen MR) is 104 cm³/mol. The van der Waals surface area contributed by atoms with E-state index in [1.807, 2.05) is 37.3 Å². The lowest BCUT2D eigenvalue weighted by atomic mass is 10.2. The van der Waals surface area contributed by atoms with Gasteiger partial charge in [-0.2, -0.15) is 0 Å². The maximum atomic E-state index is 5.49. The minimum Gasteiger partial charge on any atom is -0.496 e. The third-order valence-corrected chi connectivity index (χ3v) is 4.16. The zero-order valence-electron chi connectivity index (χ0n) is 15.2. The fourth-order valence-corrected chi connectivity index (χ4v) is 2.76. The van der Waals surface area contributed by atoms with Crippen molar-refractivity contribution in [2.45, 2.75) is 13.5 Å². The number of oxime groups is 1. The van der Waals surface area contributed by atoms with Crippen molar-refractivity contribution in [1.82, 2.24) is 0 Å². The van der Waals surface area contributed by atoms with Gasteiger partial charge in [0.05, 0.1) is 38.6 Å². The van der Waals surface area contributed by atoms with Gasteiger partial charge in [-0.05, 0) is 53.2 Å². The highest BCUT2D eigenvalue weighted by Crippen LogP contribution is 2.33. The molecule has 2 rings (SSSR count). The Kier molecular flexibility index (Phi) is 7.59. The topological polar surface area (TPSA) is 58.5 Å². The Labute approximate surface area is 161 Å². The first-order valence-corrected chi connectivity index (χ1v) is 8.78. The summed E-state index contributed by atoms with van der Waals surface area (Å²) in [5, 5.41) is 4.01. The van der Waals surface area contributed by atoms with Crippen LogP contribution < -0.4 is 18.9 Å². The Balaban J connectivity index is 2.05. The van der Waals surface area contributed by atoms with Crippen LogP contribution in [-0.4, -0.2) is 34.2 Å². The van der Waals surface area contributed by atoms with Crippen molar-refractivity contribution < 1.29 is 23.8 Å². The fourth-order valence-electron chi connectivity index (χ4n) is 2.28. The fraction of sp³-hybridized carbons (Fsp3) is 0.316. The molecule has 2 aromatic rings. The second kappa shape index (κ2) is 9.91. The molecule has 0 radical (unpaired) electrons. The number of ether oxygens (including phenoxy) is 4. The number of hydrogen-bond donors (Lipinski definition) is 0. The van der Waals surface area contributed by atoms with Crippen LogP contribution in [0.2, 0.25) is 0 Å². The smallest absolute Gasteiger partial charge is 0.161 e. The average Bonchev–Trinajstić information content (AvgIpc) is 2.66. The maximum absolute atomic E-state index is 5.49. The van der Waals surface area contributed by atoms with Crippen molar-refractivity contribution in [2.75, 3.05) is 27.9 Å². The van der Waals surface area contributed by atoms with Crippen molar-refractivity contribution >= 4 is 22.1 Å². The van der Waals surface area contributed by atoms with Gasteiger partial charge < -0.3 is 23.8 Å². The molecule has 0 N–H and O–H groups in total. The van der Waals surface area contributed by atoms with Crippen LogP contribution in [0.1, 0.15) is 18.1 Å². The molecule has 0 heterocycles. The van der Waals surface area contributed by atoms with Crippen LogP contribution in [-0.2, 0) is 11.4 Å². The van der Waals surface area contributed by atoms with Gasteiger partial charge in [0.2, 0.25) is 0 Å². The van der Waals surface area contributed by atoms with Crippen LogP contribution in [0.3, 0.4) is 0 Å². The first-order valence-electron chi connectivity index (χ1n) is 7.99. The van der Waals surface area contributed by atoms with Crippen molar-refractivity contribution in [3.63, 3.8) is 0 Å². The minimum atomic E-state index is 0.247. The van der Waals surface area contributed by atoms with Crippen LogP contribution in [0.25, 0.3) is 0 Å². The molecular formula is C19H22BrNO5. The molecule has 0 atom stereocenters. The summed E-state index contributed by atoms with van der Waals surface area (Å²) in [5.74, 6) is 2.73. The van der Waals surface area contributed by atoms with E-state index in [1.54, 1.807) is 27.5 Å². The SMILES string of the molecule is CCOc1ccc(/C=N/OCc2cc(OC)c(Br)cc2OC)cc1OC. The van der Waals surface area contributed by atoms with Gasteiger partial charge in [0.25, 0.3) is 0 Å². The molecule has 0 bridgehead atoms. The number of halogens is 1. The molecule has 140 valence electrons. The lowest BCUT2D eigenvalue weighted by molar-refractivity contribution is 0.129. The molecule has 26 heavy (non-hydrogen) atoms. The van der Waals surface area contributed by atoms with E-state index < -0.39 is 0 Å². The molecule has 0 aliphatic heterocycles. The van der Waals surface area contributed by atoms with Gasteiger partial charge in [-0.1, -0.05) is 5.16 Å². The largest absolute Gasteiger partial charge is 0.496 e. The van der Waals surface area contributed by atoms with Crippen molar-refractivity contribution in [3.05, 3.63) is 45.9 Å². The molecule has 6 nitrogen and oxygen atoms in total. The summed E-state index contributed by atoms with van der Waals surface area (Å²) in [6.07, 6.45) is 1.61. The van der Waals surface area contributed by atoms with Crippen LogP contribution in [0.4, 0.5) is 0 Å². The third-order valence-electron chi connectivity index (χ3n) is 3.54. The number of rotatable bonds is 9. The number of benzene rings is 2. The first kappa shape index (κ1) is 19.9. The summed E-state index contributed by atoms with van der Waals surface area (Å²) in [5.41, 5.74) is 1.67. The van der Waals surface area contributed by atoms with E-state index in [0.29, 0.717) is 29.6 Å². The third kappa shape index (κ3) is 5.05. The number of methoxy groups -OCH3 is 3. The van der Waals surface area contributed by atoms with Gasteiger partial charge in [0.1, 0.15) is 18.1 Å². The number of nitrogens with zero attached hydrogens (tertiary/aromatic N) is 1. The van der Waals surface area contributed by atoms with Gasteiger partial charge in [-0.3, -0.25) is 0 Å². The van der Waals surface area contributed by atoms with Crippen LogP contribution in [0, 0.1) is 0 Å². The molecule has 0 spiro atoms. The maximum Gasteiger partial charge on any atom is 0.161 e. The molecule has 0 fully saturated rings. The minimum absolute atomic E-state index is 0.247. The zero-order valence-corrected chi connectivity index (χ0v) is 16.8. The predicted octanol–water partition coefficient (Wildman–Crippen LogP) is 4.42. The standard InChI is InChI=1S/C19H22BrNO5/c1-5-25-16-7-6-13(8-19(16)24-4)11-21-26-12-14-9-18(23-3)15(20)10-17(14)22-2/h6-11H,5,12H2,1-4H3/b21-11+. The Morgan fingerprint density at radius 3 is 2.31 bits per heavy atom. The molecule has 2 aromatic carbocycles. The van der Waals surface area contributed by atoms with Gasteiger partial charge in [0.15, 0.2) is 11.5 Å². The monoisotopic (exact) mass is 423 g/mol. The van der Waals surface area contributed by atoms with Crippen molar-refractivity contribution in [3.8, 4) is 23.0 Å². The molecule has 0 aliphatic rings. The summed E-state index contributed by atoms with van der Waals surface area (Å²) in [6.45, 7) is 2.75. The van der Waals surface area contributed by atoms with E-state index in [2.05, 4.69) is 21.1 Å². The van der Waals surface area contributed by atoms with Crippen molar-refractivity contribution in [1.29, 1.82) is 0 Å². The molecule has 0 aliphatic carbocycles.